The monoisotopic (exact) mass is 439 g/mol. The number of carbonyl (C=O) groups is 1. The SMILES string of the molecule is CCN1CCCCC1CNC(=NC)NCC(=O)NC(C)(C)C.I. The summed E-state index contributed by atoms with van der Waals surface area (Å²) in [5.74, 6) is 0.661. The maximum atomic E-state index is 11.8. The van der Waals surface area contributed by atoms with Crippen molar-refractivity contribution >= 4 is 35.8 Å². The first-order chi connectivity index (χ1) is 10.4. The van der Waals surface area contributed by atoms with Gasteiger partial charge in [-0.05, 0) is 46.7 Å². The molecule has 1 unspecified atom stereocenters. The van der Waals surface area contributed by atoms with E-state index in [4.69, 9.17) is 0 Å². The number of aliphatic imine (C=N–C) groups is 1. The van der Waals surface area contributed by atoms with Crippen LogP contribution < -0.4 is 16.0 Å². The van der Waals surface area contributed by atoms with E-state index >= 15 is 0 Å². The lowest BCUT2D eigenvalue weighted by Crippen LogP contribution is -2.51. The maximum absolute atomic E-state index is 11.8. The van der Waals surface area contributed by atoms with Crippen molar-refractivity contribution in [3.63, 3.8) is 0 Å². The van der Waals surface area contributed by atoms with Crippen molar-refractivity contribution in [2.24, 2.45) is 4.99 Å². The number of guanidine groups is 1. The highest BCUT2D eigenvalue weighted by molar-refractivity contribution is 14.0. The fraction of sp³-hybridized carbons (Fsp3) is 0.875. The Morgan fingerprint density at radius 3 is 2.52 bits per heavy atom. The van der Waals surface area contributed by atoms with Crippen LogP contribution >= 0.6 is 24.0 Å². The number of hydrogen-bond acceptors (Lipinski definition) is 3. The normalized spacial score (nSPS) is 19.7. The number of nitrogens with one attached hydrogen (secondary N) is 3. The largest absolute Gasteiger partial charge is 0.355 e. The van der Waals surface area contributed by atoms with Gasteiger partial charge in [-0.2, -0.15) is 0 Å². The molecule has 0 aromatic heterocycles. The number of amides is 1. The molecule has 1 amide bonds. The van der Waals surface area contributed by atoms with Gasteiger partial charge in [-0.1, -0.05) is 13.3 Å². The van der Waals surface area contributed by atoms with E-state index in [1.807, 2.05) is 20.8 Å². The summed E-state index contributed by atoms with van der Waals surface area (Å²) in [6.45, 7) is 11.5. The number of carbonyl (C=O) groups excluding carboxylic acids is 1. The average Bonchev–Trinajstić information content (AvgIpc) is 2.46. The quantitative estimate of drug-likeness (QED) is 0.346. The zero-order valence-corrected chi connectivity index (χ0v) is 17.6. The number of halogens is 1. The predicted octanol–water partition coefficient (Wildman–Crippen LogP) is 1.56. The van der Waals surface area contributed by atoms with Gasteiger partial charge < -0.3 is 16.0 Å². The van der Waals surface area contributed by atoms with E-state index in [2.05, 4.69) is 32.8 Å². The minimum Gasteiger partial charge on any atom is -0.355 e. The second kappa shape index (κ2) is 11.1. The van der Waals surface area contributed by atoms with Gasteiger partial charge in [0.15, 0.2) is 5.96 Å². The molecule has 0 aromatic carbocycles. The van der Waals surface area contributed by atoms with Crippen molar-refractivity contribution in [1.82, 2.24) is 20.9 Å². The first-order valence-electron chi connectivity index (χ1n) is 8.35. The van der Waals surface area contributed by atoms with Crippen LogP contribution in [0, 0.1) is 0 Å². The van der Waals surface area contributed by atoms with Crippen LogP contribution in [0.25, 0.3) is 0 Å². The Kier molecular flexibility index (Phi) is 10.8. The molecule has 0 bridgehead atoms. The number of likely N-dealkylation sites (tertiary alicyclic amines) is 1. The van der Waals surface area contributed by atoms with E-state index in [9.17, 15) is 4.79 Å². The molecule has 3 N–H and O–H groups in total. The van der Waals surface area contributed by atoms with E-state index in [-0.39, 0.29) is 42.0 Å². The fourth-order valence-electron chi connectivity index (χ4n) is 2.77. The van der Waals surface area contributed by atoms with Crippen LogP contribution in [0.15, 0.2) is 4.99 Å². The van der Waals surface area contributed by atoms with Gasteiger partial charge in [0.1, 0.15) is 0 Å². The lowest BCUT2D eigenvalue weighted by atomic mass is 10.0. The molecular weight excluding hydrogens is 405 g/mol. The molecule has 0 aliphatic carbocycles. The zero-order chi connectivity index (χ0) is 16.6. The van der Waals surface area contributed by atoms with Gasteiger partial charge in [-0.3, -0.25) is 14.7 Å². The molecule has 6 nitrogen and oxygen atoms in total. The third-order valence-corrected chi connectivity index (χ3v) is 3.81. The lowest BCUT2D eigenvalue weighted by Gasteiger charge is -2.35. The summed E-state index contributed by atoms with van der Waals surface area (Å²) >= 11 is 0. The van der Waals surface area contributed by atoms with Crippen molar-refractivity contribution in [3.05, 3.63) is 0 Å². The Labute approximate surface area is 158 Å². The molecule has 23 heavy (non-hydrogen) atoms. The summed E-state index contributed by atoms with van der Waals surface area (Å²) in [5.41, 5.74) is -0.209. The average molecular weight is 439 g/mol. The highest BCUT2D eigenvalue weighted by Crippen LogP contribution is 2.15. The van der Waals surface area contributed by atoms with Gasteiger partial charge in [-0.15, -0.1) is 24.0 Å². The molecule has 1 fully saturated rings. The summed E-state index contributed by atoms with van der Waals surface area (Å²) in [6, 6.07) is 0.556. The summed E-state index contributed by atoms with van der Waals surface area (Å²) in [6.07, 6.45) is 3.81. The van der Waals surface area contributed by atoms with Gasteiger partial charge in [-0.25, -0.2) is 0 Å². The van der Waals surface area contributed by atoms with E-state index in [0.717, 1.165) is 13.1 Å². The molecule has 0 saturated carbocycles. The minimum atomic E-state index is -0.209. The highest BCUT2D eigenvalue weighted by Gasteiger charge is 2.21. The number of piperidine rings is 1. The molecule has 1 rings (SSSR count). The Morgan fingerprint density at radius 2 is 1.96 bits per heavy atom. The topological polar surface area (TPSA) is 68.8 Å². The van der Waals surface area contributed by atoms with E-state index in [0.29, 0.717) is 12.0 Å². The number of hydrogen-bond donors (Lipinski definition) is 3. The van der Waals surface area contributed by atoms with Crippen molar-refractivity contribution < 1.29 is 4.79 Å². The number of nitrogens with zero attached hydrogens (tertiary/aromatic N) is 2. The Balaban J connectivity index is 0.00000484. The van der Waals surface area contributed by atoms with Gasteiger partial charge >= 0.3 is 0 Å². The molecule has 1 heterocycles. The van der Waals surface area contributed by atoms with Gasteiger partial charge in [0, 0.05) is 25.2 Å². The van der Waals surface area contributed by atoms with Crippen molar-refractivity contribution in [3.8, 4) is 0 Å². The third-order valence-electron chi connectivity index (χ3n) is 3.81. The second-order valence-electron chi connectivity index (χ2n) is 6.88. The highest BCUT2D eigenvalue weighted by atomic mass is 127. The summed E-state index contributed by atoms with van der Waals surface area (Å²) in [5, 5.41) is 9.34. The third kappa shape index (κ3) is 9.34. The van der Waals surface area contributed by atoms with Gasteiger partial charge in [0.25, 0.3) is 0 Å². The van der Waals surface area contributed by atoms with Crippen molar-refractivity contribution in [1.29, 1.82) is 0 Å². The summed E-state index contributed by atoms with van der Waals surface area (Å²) in [4.78, 5) is 18.5. The van der Waals surface area contributed by atoms with Crippen LogP contribution in [0.3, 0.4) is 0 Å². The predicted molar refractivity (Wildman–Crippen MR) is 108 cm³/mol. The Morgan fingerprint density at radius 1 is 1.26 bits per heavy atom. The van der Waals surface area contributed by atoms with Gasteiger partial charge in [0.05, 0.1) is 6.54 Å². The maximum Gasteiger partial charge on any atom is 0.239 e. The van der Waals surface area contributed by atoms with Crippen LogP contribution in [0.5, 0.6) is 0 Å². The zero-order valence-electron chi connectivity index (χ0n) is 15.2. The molecule has 1 aliphatic heterocycles. The summed E-state index contributed by atoms with van der Waals surface area (Å²) in [7, 11) is 1.73. The second-order valence-corrected chi connectivity index (χ2v) is 6.88. The summed E-state index contributed by atoms with van der Waals surface area (Å²) < 4.78 is 0. The van der Waals surface area contributed by atoms with Crippen LogP contribution in [0.1, 0.15) is 47.0 Å². The molecule has 0 spiro atoms. The first-order valence-corrected chi connectivity index (χ1v) is 8.35. The number of rotatable bonds is 5. The molecule has 136 valence electrons. The number of likely N-dealkylation sites (N-methyl/N-ethyl adjacent to an activating group) is 1. The molecule has 1 atom stereocenters. The molecule has 7 heteroatoms. The molecule has 1 saturated heterocycles. The molecular formula is C16H34IN5O. The van der Waals surface area contributed by atoms with Gasteiger partial charge in [0.2, 0.25) is 5.91 Å². The van der Waals surface area contributed by atoms with E-state index in [1.54, 1.807) is 7.05 Å². The van der Waals surface area contributed by atoms with E-state index < -0.39 is 0 Å². The molecule has 0 radical (unpaired) electrons. The Hall–Kier alpha value is -0.570. The van der Waals surface area contributed by atoms with Crippen LogP contribution in [0.4, 0.5) is 0 Å². The van der Waals surface area contributed by atoms with Crippen LogP contribution in [-0.2, 0) is 4.79 Å². The fourth-order valence-corrected chi connectivity index (χ4v) is 2.77. The molecule has 1 aliphatic rings. The lowest BCUT2D eigenvalue weighted by molar-refractivity contribution is -0.121. The standard InChI is InChI=1S/C16H33N5O.HI/c1-6-21-10-8-7-9-13(21)11-18-15(17-5)19-12-14(22)20-16(2,3)4;/h13H,6-12H2,1-5H3,(H,20,22)(H2,17,18,19);1H. The smallest absolute Gasteiger partial charge is 0.239 e. The Bertz CT molecular complexity index is 381. The van der Waals surface area contributed by atoms with E-state index in [1.165, 1.54) is 25.8 Å². The van der Waals surface area contributed by atoms with Crippen molar-refractivity contribution in [2.75, 3.05) is 33.2 Å². The first kappa shape index (κ1) is 22.4. The van der Waals surface area contributed by atoms with Crippen LogP contribution in [-0.4, -0.2) is 61.6 Å². The minimum absolute atomic E-state index is 0. The van der Waals surface area contributed by atoms with Crippen LogP contribution in [0.2, 0.25) is 0 Å². The molecule has 0 aromatic rings. The van der Waals surface area contributed by atoms with Crippen molar-refractivity contribution in [2.45, 2.75) is 58.5 Å².